The van der Waals surface area contributed by atoms with Crippen molar-refractivity contribution in [2.45, 2.75) is 6.54 Å². The van der Waals surface area contributed by atoms with Crippen LogP contribution in [-0.2, 0) is 18.4 Å². The maximum absolute atomic E-state index is 13.4. The lowest BCUT2D eigenvalue weighted by Crippen LogP contribution is -2.17. The molecule has 3 heterocycles. The van der Waals surface area contributed by atoms with Crippen LogP contribution in [0, 0.1) is 5.82 Å². The fourth-order valence-corrected chi connectivity index (χ4v) is 4.18. The second-order valence-corrected chi connectivity index (χ2v) is 7.56. The zero-order valence-electron chi connectivity index (χ0n) is 16.7. The van der Waals surface area contributed by atoms with Crippen LogP contribution in [0.1, 0.15) is 0 Å². The van der Waals surface area contributed by atoms with Crippen LogP contribution in [0.25, 0.3) is 44.1 Å². The fraction of sp³-hybridized carbons (Fsp3) is 0.0833. The van der Waals surface area contributed by atoms with Crippen molar-refractivity contribution in [2.75, 3.05) is 0 Å². The van der Waals surface area contributed by atoms with Crippen LogP contribution in [-0.4, -0.2) is 25.1 Å². The van der Waals surface area contributed by atoms with E-state index in [2.05, 4.69) is 4.98 Å². The number of rotatable bonds is 4. The summed E-state index contributed by atoms with van der Waals surface area (Å²) in [6, 6.07) is 14.1. The van der Waals surface area contributed by atoms with Crippen molar-refractivity contribution in [3.63, 3.8) is 0 Å². The van der Waals surface area contributed by atoms with Gasteiger partial charge in [0, 0.05) is 53.1 Å². The van der Waals surface area contributed by atoms with Gasteiger partial charge in [0.05, 0.1) is 0 Å². The lowest BCUT2D eigenvalue weighted by molar-refractivity contribution is -0.118. The molecule has 0 aliphatic carbocycles. The molecule has 154 valence electrons. The summed E-state index contributed by atoms with van der Waals surface area (Å²) in [5.74, 6) is -0.771. The number of benzene rings is 2. The SMILES string of the molecule is Cn1cc(-c2cn(CC(N)=O)c3ccc(-c4ccc(F)cc4)cc23)c2ccnc(O)c21. The molecule has 3 N–H and O–H groups in total. The number of hydrogen-bond acceptors (Lipinski definition) is 3. The van der Waals surface area contributed by atoms with Gasteiger partial charge >= 0.3 is 0 Å². The van der Waals surface area contributed by atoms with Gasteiger partial charge in [0.2, 0.25) is 11.8 Å². The Kier molecular flexibility index (Phi) is 4.25. The Morgan fingerprint density at radius 1 is 1.03 bits per heavy atom. The number of nitrogens with zero attached hydrogens (tertiary/aromatic N) is 3. The highest BCUT2D eigenvalue weighted by atomic mass is 19.1. The molecule has 2 aromatic carbocycles. The molecule has 0 spiro atoms. The van der Waals surface area contributed by atoms with Crippen molar-refractivity contribution in [1.29, 1.82) is 0 Å². The zero-order valence-corrected chi connectivity index (χ0v) is 16.7. The molecule has 0 radical (unpaired) electrons. The van der Waals surface area contributed by atoms with Gasteiger partial charge < -0.3 is 20.0 Å². The Balaban J connectivity index is 1.79. The van der Waals surface area contributed by atoms with Gasteiger partial charge in [-0.15, -0.1) is 0 Å². The Hall–Kier alpha value is -4.13. The summed E-state index contributed by atoms with van der Waals surface area (Å²) in [7, 11) is 1.85. The molecule has 0 unspecified atom stereocenters. The molecular weight excluding hydrogens is 395 g/mol. The minimum absolute atomic E-state index is 0.0425. The third-order valence-electron chi connectivity index (χ3n) is 5.55. The number of halogens is 1. The molecule has 0 bridgehead atoms. The highest BCUT2D eigenvalue weighted by Crippen LogP contribution is 2.39. The first kappa shape index (κ1) is 18.9. The lowest BCUT2D eigenvalue weighted by Gasteiger charge is -2.05. The third-order valence-corrected chi connectivity index (χ3v) is 5.55. The first-order valence-electron chi connectivity index (χ1n) is 9.73. The average Bonchev–Trinajstić information content (AvgIpc) is 3.26. The number of fused-ring (bicyclic) bond motifs is 2. The number of aromatic nitrogens is 3. The summed E-state index contributed by atoms with van der Waals surface area (Å²) >= 11 is 0. The van der Waals surface area contributed by atoms with Crippen molar-refractivity contribution < 1.29 is 14.3 Å². The number of primary amides is 1. The molecule has 6 nitrogen and oxygen atoms in total. The summed E-state index contributed by atoms with van der Waals surface area (Å²) in [6.45, 7) is 0.0456. The van der Waals surface area contributed by atoms with Gasteiger partial charge in [-0.05, 0) is 41.5 Å². The normalized spacial score (nSPS) is 11.4. The lowest BCUT2D eigenvalue weighted by atomic mass is 10.00. The van der Waals surface area contributed by atoms with Crippen molar-refractivity contribution in [3.8, 4) is 28.1 Å². The van der Waals surface area contributed by atoms with Gasteiger partial charge in [0.25, 0.3) is 0 Å². The quantitative estimate of drug-likeness (QED) is 0.462. The van der Waals surface area contributed by atoms with Crippen LogP contribution >= 0.6 is 0 Å². The van der Waals surface area contributed by atoms with Crippen LogP contribution < -0.4 is 5.73 Å². The second-order valence-electron chi connectivity index (χ2n) is 7.56. The predicted molar refractivity (Wildman–Crippen MR) is 118 cm³/mol. The summed E-state index contributed by atoms with van der Waals surface area (Å²) in [4.78, 5) is 15.6. The highest BCUT2D eigenvalue weighted by molar-refractivity contribution is 6.07. The molecule has 7 heteroatoms. The molecule has 3 aromatic heterocycles. The molecule has 1 amide bonds. The van der Waals surface area contributed by atoms with E-state index < -0.39 is 5.91 Å². The van der Waals surface area contributed by atoms with Crippen LogP contribution in [0.15, 0.2) is 67.1 Å². The molecule has 0 saturated heterocycles. The van der Waals surface area contributed by atoms with E-state index in [0.29, 0.717) is 5.52 Å². The second kappa shape index (κ2) is 6.98. The molecule has 5 aromatic rings. The van der Waals surface area contributed by atoms with Gasteiger partial charge in [-0.3, -0.25) is 4.79 Å². The van der Waals surface area contributed by atoms with Crippen molar-refractivity contribution in [2.24, 2.45) is 12.8 Å². The Morgan fingerprint density at radius 3 is 2.48 bits per heavy atom. The van der Waals surface area contributed by atoms with E-state index in [-0.39, 0.29) is 18.2 Å². The van der Waals surface area contributed by atoms with Crippen LogP contribution in [0.4, 0.5) is 4.39 Å². The molecule has 0 aliphatic rings. The van der Waals surface area contributed by atoms with E-state index >= 15 is 0 Å². The molecular formula is C24H19FN4O2. The van der Waals surface area contributed by atoms with Crippen LogP contribution in [0.5, 0.6) is 5.88 Å². The van der Waals surface area contributed by atoms with Crippen LogP contribution in [0.2, 0.25) is 0 Å². The third kappa shape index (κ3) is 3.11. The number of nitrogens with two attached hydrogens (primary N) is 1. The first-order valence-corrected chi connectivity index (χ1v) is 9.73. The van der Waals surface area contributed by atoms with Crippen LogP contribution in [0.3, 0.4) is 0 Å². The van der Waals surface area contributed by atoms with Gasteiger partial charge in [-0.2, -0.15) is 0 Å². The predicted octanol–water partition coefficient (Wildman–Crippen LogP) is 4.19. The Morgan fingerprint density at radius 2 is 1.74 bits per heavy atom. The van der Waals surface area contributed by atoms with Crippen molar-refractivity contribution in [1.82, 2.24) is 14.1 Å². The number of aromatic hydroxyl groups is 1. The van der Waals surface area contributed by atoms with E-state index in [1.807, 2.05) is 52.8 Å². The number of carbonyl (C=O) groups excluding carboxylic acids is 1. The first-order chi connectivity index (χ1) is 14.9. The number of amides is 1. The summed E-state index contributed by atoms with van der Waals surface area (Å²) in [5.41, 5.74) is 10.6. The molecule has 0 fully saturated rings. The van der Waals surface area contributed by atoms with E-state index in [4.69, 9.17) is 5.73 Å². The number of aryl methyl sites for hydroxylation is 1. The standard InChI is InChI=1S/C24H19FN4O2/c1-28-11-19(17-8-9-27-24(31)23(17)28)20-12-29(13-22(26)30)21-7-4-15(10-18(20)21)14-2-5-16(25)6-3-14/h2-12H,13H2,1H3,(H2,26,30)(H,27,31). The Labute approximate surface area is 177 Å². The monoisotopic (exact) mass is 414 g/mol. The average molecular weight is 414 g/mol. The van der Waals surface area contributed by atoms with E-state index in [0.717, 1.165) is 38.5 Å². The van der Waals surface area contributed by atoms with Crippen molar-refractivity contribution in [3.05, 3.63) is 72.9 Å². The fourth-order valence-electron chi connectivity index (χ4n) is 4.18. The van der Waals surface area contributed by atoms with E-state index in [1.54, 1.807) is 18.3 Å². The number of hydrogen-bond donors (Lipinski definition) is 2. The minimum atomic E-state index is -0.439. The minimum Gasteiger partial charge on any atom is -0.492 e. The maximum atomic E-state index is 13.4. The largest absolute Gasteiger partial charge is 0.492 e. The molecule has 0 aliphatic heterocycles. The molecule has 5 rings (SSSR count). The van der Waals surface area contributed by atoms with Gasteiger partial charge in [0.1, 0.15) is 17.9 Å². The van der Waals surface area contributed by atoms with Gasteiger partial charge in [-0.25, -0.2) is 9.37 Å². The summed E-state index contributed by atoms with van der Waals surface area (Å²) in [6.07, 6.45) is 5.39. The summed E-state index contributed by atoms with van der Waals surface area (Å²) in [5, 5.41) is 12.0. The maximum Gasteiger partial charge on any atom is 0.237 e. The number of carbonyl (C=O) groups is 1. The van der Waals surface area contributed by atoms with Gasteiger partial charge in [-0.1, -0.05) is 18.2 Å². The number of pyridine rings is 1. The van der Waals surface area contributed by atoms with Gasteiger partial charge in [0.15, 0.2) is 0 Å². The zero-order chi connectivity index (χ0) is 21.7. The van der Waals surface area contributed by atoms with E-state index in [1.165, 1.54) is 12.1 Å². The molecule has 0 atom stereocenters. The van der Waals surface area contributed by atoms with E-state index in [9.17, 15) is 14.3 Å². The molecule has 31 heavy (non-hydrogen) atoms. The smallest absolute Gasteiger partial charge is 0.237 e. The highest BCUT2D eigenvalue weighted by Gasteiger charge is 2.18. The summed E-state index contributed by atoms with van der Waals surface area (Å²) < 4.78 is 17.0. The molecule has 0 saturated carbocycles. The Bertz CT molecular complexity index is 1470. The topological polar surface area (TPSA) is 86.1 Å². The van der Waals surface area contributed by atoms with Crippen molar-refractivity contribution >= 4 is 27.7 Å².